The van der Waals surface area contributed by atoms with Crippen molar-refractivity contribution < 1.29 is 4.79 Å². The molecule has 1 aliphatic rings. The van der Waals surface area contributed by atoms with Crippen molar-refractivity contribution in [3.8, 4) is 0 Å². The molecule has 0 spiro atoms. The molecule has 0 aromatic heterocycles. The second-order valence-corrected chi connectivity index (χ2v) is 5.39. The largest absolute Gasteiger partial charge is 0.326 e. The first-order valence-electron chi connectivity index (χ1n) is 5.88. The number of allylic oxidation sites excluding steroid dienone is 2. The van der Waals surface area contributed by atoms with E-state index in [0.29, 0.717) is 12.3 Å². The van der Waals surface area contributed by atoms with Gasteiger partial charge >= 0.3 is 0 Å². The summed E-state index contributed by atoms with van der Waals surface area (Å²) in [5, 5.41) is 2.97. The maximum Gasteiger partial charge on any atom is 0.224 e. The predicted octanol–water partition coefficient (Wildman–Crippen LogP) is 4.05. The normalized spacial score (nSPS) is 18.4. The Morgan fingerprint density at radius 2 is 2.35 bits per heavy atom. The second kappa shape index (κ2) is 5.50. The Morgan fingerprint density at radius 1 is 1.53 bits per heavy atom. The number of hydrogen-bond acceptors (Lipinski definition) is 1. The van der Waals surface area contributed by atoms with Crippen molar-refractivity contribution in [1.29, 1.82) is 0 Å². The van der Waals surface area contributed by atoms with Crippen LogP contribution in [0.15, 0.2) is 34.8 Å². The minimum atomic E-state index is 0.104. The van der Waals surface area contributed by atoms with Crippen molar-refractivity contribution >= 4 is 27.5 Å². The molecule has 1 aromatic rings. The van der Waals surface area contributed by atoms with E-state index in [1.165, 1.54) is 0 Å². The molecular formula is C14H16BrNO. The molecule has 90 valence electrons. The van der Waals surface area contributed by atoms with Crippen LogP contribution in [0.3, 0.4) is 0 Å². The van der Waals surface area contributed by atoms with Gasteiger partial charge in [-0.25, -0.2) is 0 Å². The third kappa shape index (κ3) is 3.43. The maximum absolute atomic E-state index is 11.8. The Bertz CT molecular complexity index is 454. The van der Waals surface area contributed by atoms with Crippen LogP contribution in [0.1, 0.15) is 24.8 Å². The predicted molar refractivity (Wildman–Crippen MR) is 74.0 cm³/mol. The van der Waals surface area contributed by atoms with E-state index >= 15 is 0 Å². The van der Waals surface area contributed by atoms with Gasteiger partial charge in [0, 0.05) is 16.6 Å². The number of anilines is 1. The Balaban J connectivity index is 1.95. The molecule has 1 N–H and O–H groups in total. The van der Waals surface area contributed by atoms with Crippen LogP contribution < -0.4 is 5.32 Å². The summed E-state index contributed by atoms with van der Waals surface area (Å²) in [4.78, 5) is 11.8. The smallest absolute Gasteiger partial charge is 0.224 e. The van der Waals surface area contributed by atoms with Gasteiger partial charge in [0.2, 0.25) is 5.91 Å². The van der Waals surface area contributed by atoms with E-state index in [-0.39, 0.29) is 5.91 Å². The van der Waals surface area contributed by atoms with Gasteiger partial charge in [-0.1, -0.05) is 28.1 Å². The van der Waals surface area contributed by atoms with E-state index in [9.17, 15) is 4.79 Å². The molecule has 17 heavy (non-hydrogen) atoms. The van der Waals surface area contributed by atoms with Crippen molar-refractivity contribution in [2.45, 2.75) is 26.2 Å². The van der Waals surface area contributed by atoms with Crippen LogP contribution in [0.5, 0.6) is 0 Å². The second-order valence-electron chi connectivity index (χ2n) is 4.48. The molecule has 0 saturated carbocycles. The number of carbonyl (C=O) groups excluding carboxylic acids is 1. The van der Waals surface area contributed by atoms with E-state index in [1.807, 2.05) is 25.1 Å². The molecule has 0 bridgehead atoms. The van der Waals surface area contributed by atoms with Gasteiger partial charge in [0.05, 0.1) is 0 Å². The Kier molecular flexibility index (Phi) is 4.00. The molecule has 1 amide bonds. The summed E-state index contributed by atoms with van der Waals surface area (Å²) in [5.74, 6) is 0.526. The Morgan fingerprint density at radius 3 is 3.00 bits per heavy atom. The lowest BCUT2D eigenvalue weighted by atomic mass is 10.0. The van der Waals surface area contributed by atoms with Crippen LogP contribution in [0.2, 0.25) is 0 Å². The van der Waals surface area contributed by atoms with Crippen molar-refractivity contribution in [1.82, 2.24) is 0 Å². The van der Waals surface area contributed by atoms with Crippen LogP contribution in [0, 0.1) is 12.8 Å². The number of benzene rings is 1. The van der Waals surface area contributed by atoms with Gasteiger partial charge in [-0.05, 0) is 49.4 Å². The van der Waals surface area contributed by atoms with E-state index < -0.39 is 0 Å². The zero-order valence-corrected chi connectivity index (χ0v) is 11.5. The van der Waals surface area contributed by atoms with E-state index in [4.69, 9.17) is 0 Å². The van der Waals surface area contributed by atoms with Crippen molar-refractivity contribution in [2.24, 2.45) is 5.92 Å². The SMILES string of the molecule is Cc1cc(Br)ccc1NC(=O)C[C@@H]1C=CCC1. The van der Waals surface area contributed by atoms with E-state index in [0.717, 1.165) is 28.6 Å². The summed E-state index contributed by atoms with van der Waals surface area (Å²) in [7, 11) is 0. The standard InChI is InChI=1S/C14H16BrNO/c1-10-8-12(15)6-7-13(10)16-14(17)9-11-4-2-3-5-11/h2,4,6-8,11H,3,5,9H2,1H3,(H,16,17)/t11-/m1/s1. The van der Waals surface area contributed by atoms with Crippen molar-refractivity contribution in [2.75, 3.05) is 5.32 Å². The quantitative estimate of drug-likeness (QED) is 0.837. The average Bonchev–Trinajstić information content (AvgIpc) is 2.75. The summed E-state index contributed by atoms with van der Waals surface area (Å²) in [6, 6.07) is 5.88. The summed E-state index contributed by atoms with van der Waals surface area (Å²) in [6.07, 6.45) is 7.10. The van der Waals surface area contributed by atoms with Gasteiger partial charge in [0.1, 0.15) is 0 Å². The fourth-order valence-corrected chi connectivity index (χ4v) is 2.55. The topological polar surface area (TPSA) is 29.1 Å². The average molecular weight is 294 g/mol. The Hall–Kier alpha value is -1.09. The molecule has 0 fully saturated rings. The lowest BCUT2D eigenvalue weighted by molar-refractivity contribution is -0.116. The number of rotatable bonds is 3. The molecule has 0 saturated heterocycles. The molecular weight excluding hydrogens is 278 g/mol. The zero-order valence-electron chi connectivity index (χ0n) is 9.87. The fourth-order valence-electron chi connectivity index (χ4n) is 2.07. The first kappa shape index (κ1) is 12.4. The number of amides is 1. The van der Waals surface area contributed by atoms with Crippen LogP contribution in [0.4, 0.5) is 5.69 Å². The number of carbonyl (C=O) groups is 1. The number of halogens is 1. The van der Waals surface area contributed by atoms with Gasteiger partial charge in [-0.3, -0.25) is 4.79 Å². The number of nitrogens with one attached hydrogen (secondary N) is 1. The Labute approximate surface area is 110 Å². The van der Waals surface area contributed by atoms with Crippen molar-refractivity contribution in [3.63, 3.8) is 0 Å². The van der Waals surface area contributed by atoms with Gasteiger partial charge in [-0.15, -0.1) is 0 Å². The van der Waals surface area contributed by atoms with Gasteiger partial charge in [0.15, 0.2) is 0 Å². The van der Waals surface area contributed by atoms with Crippen LogP contribution in [0.25, 0.3) is 0 Å². The molecule has 1 atom stereocenters. The van der Waals surface area contributed by atoms with Gasteiger partial charge < -0.3 is 5.32 Å². The third-order valence-electron chi connectivity index (χ3n) is 3.02. The molecule has 0 unspecified atom stereocenters. The minimum Gasteiger partial charge on any atom is -0.326 e. The van der Waals surface area contributed by atoms with E-state index in [2.05, 4.69) is 33.4 Å². The summed E-state index contributed by atoms with van der Waals surface area (Å²) in [5.41, 5.74) is 1.98. The zero-order chi connectivity index (χ0) is 12.3. The first-order valence-corrected chi connectivity index (χ1v) is 6.67. The van der Waals surface area contributed by atoms with Gasteiger partial charge in [-0.2, -0.15) is 0 Å². The molecule has 2 nitrogen and oxygen atoms in total. The lowest BCUT2D eigenvalue weighted by Crippen LogP contribution is -2.15. The van der Waals surface area contributed by atoms with Gasteiger partial charge in [0.25, 0.3) is 0 Å². The summed E-state index contributed by atoms with van der Waals surface area (Å²) < 4.78 is 1.03. The van der Waals surface area contributed by atoms with E-state index in [1.54, 1.807) is 0 Å². The summed E-state index contributed by atoms with van der Waals surface area (Å²) in [6.45, 7) is 2.00. The molecule has 3 heteroatoms. The minimum absolute atomic E-state index is 0.104. The molecule has 0 radical (unpaired) electrons. The van der Waals surface area contributed by atoms with Crippen LogP contribution in [-0.2, 0) is 4.79 Å². The molecule has 2 rings (SSSR count). The molecule has 0 aliphatic heterocycles. The van der Waals surface area contributed by atoms with Crippen LogP contribution in [-0.4, -0.2) is 5.91 Å². The van der Waals surface area contributed by atoms with Crippen molar-refractivity contribution in [3.05, 3.63) is 40.4 Å². The molecule has 0 heterocycles. The highest BCUT2D eigenvalue weighted by Gasteiger charge is 2.14. The maximum atomic E-state index is 11.8. The highest BCUT2D eigenvalue weighted by molar-refractivity contribution is 9.10. The summed E-state index contributed by atoms with van der Waals surface area (Å²) >= 11 is 3.41. The lowest BCUT2D eigenvalue weighted by Gasteiger charge is -2.11. The monoisotopic (exact) mass is 293 g/mol. The van der Waals surface area contributed by atoms with Crippen LogP contribution >= 0.6 is 15.9 Å². The number of aryl methyl sites for hydroxylation is 1. The highest BCUT2D eigenvalue weighted by atomic mass is 79.9. The fraction of sp³-hybridized carbons (Fsp3) is 0.357. The molecule has 1 aliphatic carbocycles. The number of hydrogen-bond donors (Lipinski definition) is 1. The third-order valence-corrected chi connectivity index (χ3v) is 3.52. The first-order chi connectivity index (χ1) is 8.15. The molecule has 1 aromatic carbocycles. The highest BCUT2D eigenvalue weighted by Crippen LogP contribution is 2.23.